The molecule has 0 bridgehead atoms. The van der Waals surface area contributed by atoms with E-state index in [1.807, 2.05) is 30.3 Å². The zero-order valence-corrected chi connectivity index (χ0v) is 16.7. The number of amides is 2. The first-order valence-electron chi connectivity index (χ1n) is 8.76. The van der Waals surface area contributed by atoms with Crippen molar-refractivity contribution in [2.24, 2.45) is 0 Å². The largest absolute Gasteiger partial charge is 0.328 e. The lowest BCUT2D eigenvalue weighted by Crippen LogP contribution is -2.49. The third kappa shape index (κ3) is 3.57. The molecule has 1 fully saturated rings. The van der Waals surface area contributed by atoms with Crippen molar-refractivity contribution in [1.29, 1.82) is 0 Å². The van der Waals surface area contributed by atoms with Gasteiger partial charge in [-0.2, -0.15) is 0 Å². The zero-order chi connectivity index (χ0) is 20.5. The maximum atomic E-state index is 13.1. The van der Waals surface area contributed by atoms with Gasteiger partial charge in [0.25, 0.3) is 0 Å². The number of ketones is 1. The molecule has 1 aliphatic rings. The molecule has 7 heteroatoms. The molecule has 2 unspecified atom stereocenters. The topological polar surface area (TPSA) is 83.6 Å². The molecule has 3 rings (SSSR count). The Morgan fingerprint density at radius 1 is 1.11 bits per heavy atom. The van der Waals surface area contributed by atoms with E-state index >= 15 is 0 Å². The lowest BCUT2D eigenvalue weighted by Gasteiger charge is -2.33. The first-order chi connectivity index (χ1) is 13.1. The summed E-state index contributed by atoms with van der Waals surface area (Å²) in [6.07, 6.45) is 4.20. The molecule has 2 aromatic rings. The van der Waals surface area contributed by atoms with Crippen LogP contribution in [-0.4, -0.2) is 44.0 Å². The van der Waals surface area contributed by atoms with E-state index in [9.17, 15) is 18.0 Å². The molecular formula is C21H22N2O4S. The van der Waals surface area contributed by atoms with Crippen LogP contribution >= 0.6 is 0 Å². The van der Waals surface area contributed by atoms with Gasteiger partial charge >= 0.3 is 6.03 Å². The first-order valence-corrected chi connectivity index (χ1v) is 10.6. The van der Waals surface area contributed by atoms with Crippen molar-refractivity contribution < 1.29 is 18.0 Å². The minimum Gasteiger partial charge on any atom is -0.328 e. The van der Waals surface area contributed by atoms with E-state index in [0.717, 1.165) is 11.8 Å². The molecular weight excluding hydrogens is 376 g/mol. The number of carbonyl (C=O) groups is 2. The smallest absolute Gasteiger partial charge is 0.318 e. The Kier molecular flexibility index (Phi) is 5.12. The Morgan fingerprint density at radius 3 is 2.29 bits per heavy atom. The third-order valence-corrected chi connectivity index (χ3v) is 6.33. The standard InChI is InChI=1S/C21H22N2O4S/c1-21(19(22-20(25)23(21)2)16-7-5-4-6-8-16)18(24)14-11-15-9-12-17(13-10-15)28(3,26)27/h4-14,19H,1-3H3,(H,22,25). The van der Waals surface area contributed by atoms with Crippen molar-refractivity contribution in [2.75, 3.05) is 13.3 Å². The maximum Gasteiger partial charge on any atom is 0.318 e. The molecule has 2 aromatic carbocycles. The zero-order valence-electron chi connectivity index (χ0n) is 15.9. The molecule has 28 heavy (non-hydrogen) atoms. The van der Waals surface area contributed by atoms with Gasteiger partial charge in [-0.25, -0.2) is 13.2 Å². The number of benzene rings is 2. The molecule has 2 atom stereocenters. The number of nitrogens with one attached hydrogen (secondary N) is 1. The third-order valence-electron chi connectivity index (χ3n) is 5.20. The Morgan fingerprint density at radius 2 is 1.71 bits per heavy atom. The molecule has 2 amide bonds. The van der Waals surface area contributed by atoms with Crippen LogP contribution in [0.1, 0.15) is 24.1 Å². The number of rotatable bonds is 5. The average molecular weight is 398 g/mol. The number of urea groups is 1. The van der Waals surface area contributed by atoms with E-state index in [2.05, 4.69) is 5.32 Å². The van der Waals surface area contributed by atoms with E-state index in [-0.39, 0.29) is 16.7 Å². The van der Waals surface area contributed by atoms with E-state index in [1.165, 1.54) is 23.1 Å². The highest BCUT2D eigenvalue weighted by atomic mass is 32.2. The van der Waals surface area contributed by atoms with E-state index in [1.54, 1.807) is 32.2 Å². The fourth-order valence-electron chi connectivity index (χ4n) is 3.29. The van der Waals surface area contributed by atoms with E-state index in [4.69, 9.17) is 0 Å². The maximum absolute atomic E-state index is 13.1. The number of likely N-dealkylation sites (N-methyl/N-ethyl adjacent to an activating group) is 1. The molecule has 6 nitrogen and oxygen atoms in total. The van der Waals surface area contributed by atoms with Gasteiger partial charge in [0, 0.05) is 13.3 Å². The minimum absolute atomic E-state index is 0.220. The Balaban J connectivity index is 1.88. The van der Waals surface area contributed by atoms with Gasteiger partial charge in [0.05, 0.1) is 10.9 Å². The SMILES string of the molecule is CN1C(=O)NC(c2ccccc2)C1(C)C(=O)C=Cc1ccc(S(C)(=O)=O)cc1. The molecule has 0 aromatic heterocycles. The van der Waals surface area contributed by atoms with E-state index < -0.39 is 21.4 Å². The van der Waals surface area contributed by atoms with Gasteiger partial charge in [0.1, 0.15) is 5.54 Å². The summed E-state index contributed by atoms with van der Waals surface area (Å²) in [5.74, 6) is -0.227. The number of nitrogens with zero attached hydrogens (tertiary/aromatic N) is 1. The van der Waals surface area contributed by atoms with Crippen LogP contribution in [0.3, 0.4) is 0 Å². The normalized spacial score (nSPS) is 22.5. The highest BCUT2D eigenvalue weighted by Gasteiger charge is 2.52. The number of carbonyl (C=O) groups excluding carboxylic acids is 2. The number of hydrogen-bond acceptors (Lipinski definition) is 4. The van der Waals surface area contributed by atoms with Gasteiger partial charge in [0.15, 0.2) is 15.6 Å². The fourth-order valence-corrected chi connectivity index (χ4v) is 3.92. The lowest BCUT2D eigenvalue weighted by atomic mass is 9.83. The van der Waals surface area contributed by atoms with Gasteiger partial charge in [-0.05, 0) is 36.3 Å². The monoisotopic (exact) mass is 398 g/mol. The van der Waals surface area contributed by atoms with Crippen LogP contribution < -0.4 is 5.32 Å². The van der Waals surface area contributed by atoms with Crippen LogP contribution in [0.25, 0.3) is 6.08 Å². The predicted molar refractivity (Wildman–Crippen MR) is 107 cm³/mol. The molecule has 0 spiro atoms. The highest BCUT2D eigenvalue weighted by Crippen LogP contribution is 2.37. The summed E-state index contributed by atoms with van der Waals surface area (Å²) in [5.41, 5.74) is 0.462. The summed E-state index contributed by atoms with van der Waals surface area (Å²) >= 11 is 0. The van der Waals surface area contributed by atoms with Crippen LogP contribution in [-0.2, 0) is 14.6 Å². The van der Waals surface area contributed by atoms with Gasteiger partial charge in [-0.15, -0.1) is 0 Å². The molecule has 1 saturated heterocycles. The van der Waals surface area contributed by atoms with Crippen molar-refractivity contribution in [3.05, 3.63) is 71.8 Å². The fraction of sp³-hybridized carbons (Fsp3) is 0.238. The molecule has 0 radical (unpaired) electrons. The second-order valence-corrected chi connectivity index (χ2v) is 9.05. The van der Waals surface area contributed by atoms with Crippen LogP contribution in [0.4, 0.5) is 4.79 Å². The van der Waals surface area contributed by atoms with Crippen LogP contribution in [0, 0.1) is 0 Å². The van der Waals surface area contributed by atoms with Crippen molar-refractivity contribution in [1.82, 2.24) is 10.2 Å². The summed E-state index contributed by atoms with van der Waals surface area (Å²) < 4.78 is 23.1. The summed E-state index contributed by atoms with van der Waals surface area (Å²) in [4.78, 5) is 27.0. The second kappa shape index (κ2) is 7.24. The Hall–Kier alpha value is -2.93. The average Bonchev–Trinajstić information content (AvgIpc) is 2.91. The molecule has 1 heterocycles. The highest BCUT2D eigenvalue weighted by molar-refractivity contribution is 7.90. The minimum atomic E-state index is -3.27. The summed E-state index contributed by atoms with van der Waals surface area (Å²) in [7, 11) is -1.67. The number of sulfone groups is 1. The molecule has 0 aliphatic carbocycles. The lowest BCUT2D eigenvalue weighted by molar-refractivity contribution is -0.123. The quantitative estimate of drug-likeness (QED) is 0.785. The molecule has 146 valence electrons. The van der Waals surface area contributed by atoms with Crippen LogP contribution in [0.15, 0.2) is 65.6 Å². The summed E-state index contributed by atoms with van der Waals surface area (Å²) in [6.45, 7) is 1.74. The predicted octanol–water partition coefficient (Wildman–Crippen LogP) is 2.83. The van der Waals surface area contributed by atoms with Crippen LogP contribution in [0.2, 0.25) is 0 Å². The van der Waals surface area contributed by atoms with Gasteiger partial charge in [-0.3, -0.25) is 4.79 Å². The molecule has 0 saturated carbocycles. The van der Waals surface area contributed by atoms with Crippen molar-refractivity contribution in [3.8, 4) is 0 Å². The number of hydrogen-bond donors (Lipinski definition) is 1. The summed E-state index contributed by atoms with van der Waals surface area (Å²) in [5, 5.41) is 2.88. The van der Waals surface area contributed by atoms with Crippen molar-refractivity contribution >= 4 is 27.7 Å². The van der Waals surface area contributed by atoms with Gasteiger partial charge in [0.2, 0.25) is 0 Å². The summed E-state index contributed by atoms with van der Waals surface area (Å²) in [6, 6.07) is 14.9. The Bertz CT molecular complexity index is 1030. The molecule has 1 N–H and O–H groups in total. The van der Waals surface area contributed by atoms with Crippen LogP contribution in [0.5, 0.6) is 0 Å². The van der Waals surface area contributed by atoms with E-state index in [0.29, 0.717) is 5.56 Å². The Labute approximate surface area is 164 Å². The van der Waals surface area contributed by atoms with Gasteiger partial charge < -0.3 is 10.2 Å². The van der Waals surface area contributed by atoms with Crippen molar-refractivity contribution in [3.63, 3.8) is 0 Å². The molecule has 1 aliphatic heterocycles. The van der Waals surface area contributed by atoms with Crippen molar-refractivity contribution in [2.45, 2.75) is 23.4 Å². The first kappa shape index (κ1) is 19.8. The van der Waals surface area contributed by atoms with Gasteiger partial charge in [-0.1, -0.05) is 48.5 Å². The second-order valence-electron chi connectivity index (χ2n) is 7.04.